The summed E-state index contributed by atoms with van der Waals surface area (Å²) >= 11 is 0. The molecule has 1 saturated carbocycles. The number of hydrogen-bond acceptors (Lipinski definition) is 0. The van der Waals surface area contributed by atoms with Crippen LogP contribution in [-0.2, 0) is 12.8 Å². The van der Waals surface area contributed by atoms with Crippen molar-refractivity contribution >= 4 is 6.08 Å². The third-order valence-corrected chi connectivity index (χ3v) is 7.26. The Labute approximate surface area is 205 Å². The van der Waals surface area contributed by atoms with Gasteiger partial charge in [0.05, 0.1) is 0 Å². The lowest BCUT2D eigenvalue weighted by Crippen LogP contribution is -2.13. The fourth-order valence-corrected chi connectivity index (χ4v) is 5.08. The van der Waals surface area contributed by atoms with Crippen LogP contribution in [0.1, 0.15) is 74.1 Å². The van der Waals surface area contributed by atoms with Crippen molar-refractivity contribution in [1.29, 1.82) is 0 Å². The molecule has 0 unspecified atom stereocenters. The Kier molecular flexibility index (Phi) is 8.10. The maximum absolute atomic E-state index is 15.0. The summed E-state index contributed by atoms with van der Waals surface area (Å²) in [4.78, 5) is 0. The lowest BCUT2D eigenvalue weighted by Gasteiger charge is -2.27. The van der Waals surface area contributed by atoms with Crippen molar-refractivity contribution in [2.24, 2.45) is 5.92 Å². The molecule has 3 aromatic rings. The second-order valence-electron chi connectivity index (χ2n) is 9.54. The molecular formula is C31H32F4. The summed E-state index contributed by atoms with van der Waals surface area (Å²) < 4.78 is 58.6. The summed E-state index contributed by atoms with van der Waals surface area (Å²) in [5.41, 5.74) is 3.19. The number of rotatable bonds is 7. The van der Waals surface area contributed by atoms with E-state index in [1.807, 2.05) is 37.3 Å². The largest absolute Gasteiger partial charge is 0.203 e. The molecule has 0 bridgehead atoms. The second kappa shape index (κ2) is 11.2. The molecule has 0 aliphatic heterocycles. The molecule has 1 aliphatic carbocycles. The minimum absolute atomic E-state index is 0.0480. The highest BCUT2D eigenvalue weighted by molar-refractivity contribution is 5.65. The van der Waals surface area contributed by atoms with Crippen LogP contribution in [0.25, 0.3) is 17.2 Å². The molecule has 0 N–H and O–H groups in total. The monoisotopic (exact) mass is 480 g/mol. The van der Waals surface area contributed by atoms with E-state index in [-0.39, 0.29) is 23.0 Å². The molecule has 0 heterocycles. The summed E-state index contributed by atoms with van der Waals surface area (Å²) in [5, 5.41) is 0. The molecule has 0 nitrogen and oxygen atoms in total. The number of allylic oxidation sites excluding steroid dienone is 1. The van der Waals surface area contributed by atoms with Gasteiger partial charge < -0.3 is 0 Å². The van der Waals surface area contributed by atoms with Gasteiger partial charge in [0, 0.05) is 11.1 Å². The zero-order valence-corrected chi connectivity index (χ0v) is 20.4. The van der Waals surface area contributed by atoms with Crippen LogP contribution in [0.15, 0.2) is 54.6 Å². The van der Waals surface area contributed by atoms with E-state index in [2.05, 4.69) is 6.92 Å². The Hall–Kier alpha value is -2.88. The van der Waals surface area contributed by atoms with Crippen molar-refractivity contribution in [2.75, 3.05) is 0 Å². The fraction of sp³-hybridized carbons (Fsp3) is 0.355. The molecule has 1 fully saturated rings. The van der Waals surface area contributed by atoms with Gasteiger partial charge in [0.15, 0.2) is 23.3 Å². The van der Waals surface area contributed by atoms with Crippen molar-refractivity contribution in [3.05, 3.63) is 100 Å². The van der Waals surface area contributed by atoms with E-state index < -0.39 is 23.3 Å². The second-order valence-corrected chi connectivity index (χ2v) is 9.54. The molecule has 0 aromatic heterocycles. The molecule has 0 radical (unpaired) electrons. The van der Waals surface area contributed by atoms with E-state index >= 15 is 4.39 Å². The average molecular weight is 481 g/mol. The first-order valence-corrected chi connectivity index (χ1v) is 12.6. The minimum atomic E-state index is -0.803. The third kappa shape index (κ3) is 5.52. The van der Waals surface area contributed by atoms with Crippen LogP contribution in [0.5, 0.6) is 0 Å². The molecule has 0 spiro atoms. The lowest BCUT2D eigenvalue weighted by atomic mass is 9.78. The van der Waals surface area contributed by atoms with Crippen LogP contribution in [0.3, 0.4) is 0 Å². The van der Waals surface area contributed by atoms with E-state index in [4.69, 9.17) is 0 Å². The van der Waals surface area contributed by atoms with Crippen LogP contribution in [0.4, 0.5) is 17.6 Å². The maximum atomic E-state index is 15.0. The fourth-order valence-electron chi connectivity index (χ4n) is 5.08. The zero-order valence-electron chi connectivity index (χ0n) is 20.4. The van der Waals surface area contributed by atoms with Crippen molar-refractivity contribution in [2.45, 2.75) is 64.7 Å². The summed E-state index contributed by atoms with van der Waals surface area (Å²) in [6.07, 6.45) is 8.77. The highest BCUT2D eigenvalue weighted by Crippen LogP contribution is 2.39. The van der Waals surface area contributed by atoms with Crippen molar-refractivity contribution < 1.29 is 17.6 Å². The third-order valence-electron chi connectivity index (χ3n) is 7.26. The van der Waals surface area contributed by atoms with E-state index in [1.54, 1.807) is 30.3 Å². The minimum Gasteiger partial charge on any atom is -0.203 e. The smallest absolute Gasteiger partial charge is 0.166 e. The summed E-state index contributed by atoms with van der Waals surface area (Å²) in [6, 6.07) is 14.2. The highest BCUT2D eigenvalue weighted by atomic mass is 19.2. The number of halogens is 4. The van der Waals surface area contributed by atoms with Gasteiger partial charge in [0.2, 0.25) is 0 Å². The van der Waals surface area contributed by atoms with Gasteiger partial charge in [-0.15, -0.1) is 0 Å². The quantitative estimate of drug-likeness (QED) is 0.296. The highest BCUT2D eigenvalue weighted by Gasteiger charge is 2.26. The van der Waals surface area contributed by atoms with Crippen molar-refractivity contribution in [1.82, 2.24) is 0 Å². The molecule has 1 aliphatic rings. The number of benzene rings is 3. The zero-order chi connectivity index (χ0) is 24.9. The normalized spacial score (nSPS) is 18.3. The topological polar surface area (TPSA) is 0 Å². The average Bonchev–Trinajstić information content (AvgIpc) is 2.88. The van der Waals surface area contributed by atoms with Crippen LogP contribution in [0, 0.1) is 29.2 Å². The predicted octanol–water partition coefficient (Wildman–Crippen LogP) is 9.41. The first-order chi connectivity index (χ1) is 16.9. The Morgan fingerprint density at radius 2 is 1.46 bits per heavy atom. The Morgan fingerprint density at radius 3 is 2.11 bits per heavy atom. The standard InChI is InChI=1S/C31H32F4/c1-3-5-24-16-17-25(29(33)28(24)32)15-10-21-8-13-23(14-9-21)27-19-18-26(30(34)31(27)35)22-11-6-20(4-2)7-12-22/h6-7,10-12,15-19,21,23H,3-5,8-9,13-14H2,1-2H3. The molecule has 4 rings (SSSR count). The van der Waals surface area contributed by atoms with Gasteiger partial charge in [-0.1, -0.05) is 81.0 Å². The van der Waals surface area contributed by atoms with E-state index in [0.29, 0.717) is 23.1 Å². The molecule has 0 atom stereocenters. The summed E-state index contributed by atoms with van der Waals surface area (Å²) in [6.45, 7) is 3.98. The van der Waals surface area contributed by atoms with Gasteiger partial charge in [0.25, 0.3) is 0 Å². The molecule has 0 amide bonds. The molecule has 35 heavy (non-hydrogen) atoms. The summed E-state index contributed by atoms with van der Waals surface area (Å²) in [5.74, 6) is -2.96. The van der Waals surface area contributed by atoms with Crippen LogP contribution >= 0.6 is 0 Å². The van der Waals surface area contributed by atoms with E-state index in [9.17, 15) is 13.2 Å². The number of hydrogen-bond donors (Lipinski definition) is 0. The molecular weight excluding hydrogens is 448 g/mol. The molecule has 4 heteroatoms. The SMILES string of the molecule is CCCc1ccc(C=CC2CCC(c3ccc(-c4ccc(CC)cc4)c(F)c3F)CC2)c(F)c1F. The van der Waals surface area contributed by atoms with Crippen LogP contribution in [-0.4, -0.2) is 0 Å². The Bertz CT molecular complexity index is 1190. The predicted molar refractivity (Wildman–Crippen MR) is 135 cm³/mol. The Balaban J connectivity index is 1.42. The maximum Gasteiger partial charge on any atom is 0.166 e. The van der Waals surface area contributed by atoms with Gasteiger partial charge in [-0.2, -0.15) is 0 Å². The van der Waals surface area contributed by atoms with Crippen LogP contribution in [0.2, 0.25) is 0 Å². The first kappa shape index (κ1) is 25.2. The van der Waals surface area contributed by atoms with Gasteiger partial charge >= 0.3 is 0 Å². The molecule has 3 aromatic carbocycles. The van der Waals surface area contributed by atoms with Gasteiger partial charge in [-0.05, 0) is 72.6 Å². The van der Waals surface area contributed by atoms with Crippen molar-refractivity contribution in [3.63, 3.8) is 0 Å². The van der Waals surface area contributed by atoms with Gasteiger partial charge in [-0.3, -0.25) is 0 Å². The molecule has 184 valence electrons. The molecule has 0 saturated heterocycles. The number of aryl methyl sites for hydroxylation is 2. The van der Waals surface area contributed by atoms with E-state index in [0.717, 1.165) is 44.1 Å². The first-order valence-electron chi connectivity index (χ1n) is 12.6. The Morgan fingerprint density at radius 1 is 0.743 bits per heavy atom. The summed E-state index contributed by atoms with van der Waals surface area (Å²) in [7, 11) is 0. The van der Waals surface area contributed by atoms with Crippen molar-refractivity contribution in [3.8, 4) is 11.1 Å². The van der Waals surface area contributed by atoms with E-state index in [1.165, 1.54) is 0 Å². The lowest BCUT2D eigenvalue weighted by molar-refractivity contribution is 0.365. The van der Waals surface area contributed by atoms with Gasteiger partial charge in [0.1, 0.15) is 0 Å². The van der Waals surface area contributed by atoms with Gasteiger partial charge in [-0.25, -0.2) is 17.6 Å². The van der Waals surface area contributed by atoms with Crippen LogP contribution < -0.4 is 0 Å².